The monoisotopic (exact) mass is 671 g/mol. The van der Waals surface area contributed by atoms with E-state index in [1.54, 1.807) is 0 Å². The molecule has 6 rings (SSSR count). The van der Waals surface area contributed by atoms with Crippen LogP contribution in [0.3, 0.4) is 0 Å². The lowest BCUT2D eigenvalue weighted by Gasteiger charge is -2.29. The minimum Gasteiger partial charge on any atom is -0.492 e. The largest absolute Gasteiger partial charge is 0.492 e. The highest BCUT2D eigenvalue weighted by molar-refractivity contribution is 5.80. The number of nitrogens with zero attached hydrogens (tertiary/aromatic N) is 1. The topological polar surface area (TPSA) is 130 Å². The minimum absolute atomic E-state index is 0.118. The van der Waals surface area contributed by atoms with E-state index >= 15 is 0 Å². The van der Waals surface area contributed by atoms with Gasteiger partial charge in [-0.3, -0.25) is 14.5 Å². The normalized spacial score (nSPS) is 22.5. The molecule has 10 heteroatoms. The van der Waals surface area contributed by atoms with Gasteiger partial charge in [0, 0.05) is 38.6 Å². The smallest absolute Gasteiger partial charge is 0.225 e. The lowest BCUT2D eigenvalue weighted by molar-refractivity contribution is -0.128. The molecule has 1 unspecified atom stereocenters. The van der Waals surface area contributed by atoms with Crippen LogP contribution in [-0.2, 0) is 38.3 Å². The van der Waals surface area contributed by atoms with Crippen LogP contribution in [0, 0.1) is 11.8 Å². The molecule has 1 aliphatic carbocycles. The van der Waals surface area contributed by atoms with Crippen molar-refractivity contribution in [2.24, 2.45) is 11.8 Å². The molecule has 0 aromatic heterocycles. The first-order chi connectivity index (χ1) is 23.9. The first kappa shape index (κ1) is 35.0. The number of carbonyl (C=O) groups is 2. The van der Waals surface area contributed by atoms with Crippen molar-refractivity contribution in [2.75, 3.05) is 52.7 Å². The van der Waals surface area contributed by atoms with E-state index in [4.69, 9.17) is 14.2 Å². The summed E-state index contributed by atoms with van der Waals surface area (Å²) in [5, 5.41) is 28.9. The molecule has 3 aromatic carbocycles. The van der Waals surface area contributed by atoms with Crippen LogP contribution in [0.1, 0.15) is 41.1 Å². The van der Waals surface area contributed by atoms with Gasteiger partial charge < -0.3 is 35.1 Å². The Balaban J connectivity index is 1.16. The molecule has 0 bridgehead atoms. The number of fused-ring (bicyclic) bond motifs is 1. The number of rotatable bonds is 15. The van der Waals surface area contributed by atoms with E-state index in [-0.39, 0.29) is 24.2 Å². The summed E-state index contributed by atoms with van der Waals surface area (Å²) < 4.78 is 16.9. The van der Waals surface area contributed by atoms with Gasteiger partial charge >= 0.3 is 0 Å². The number of aliphatic hydroxyl groups is 2. The van der Waals surface area contributed by atoms with Gasteiger partial charge in [-0.1, -0.05) is 66.7 Å². The van der Waals surface area contributed by atoms with Crippen LogP contribution in [-0.4, -0.2) is 97.8 Å². The van der Waals surface area contributed by atoms with Gasteiger partial charge in [0.05, 0.1) is 50.0 Å². The molecule has 262 valence electrons. The Morgan fingerprint density at radius 2 is 1.63 bits per heavy atom. The molecule has 49 heavy (non-hydrogen) atoms. The van der Waals surface area contributed by atoms with Crippen molar-refractivity contribution in [1.82, 2.24) is 15.5 Å². The zero-order valence-corrected chi connectivity index (χ0v) is 28.0. The molecule has 10 nitrogen and oxygen atoms in total. The second-order valence-corrected chi connectivity index (χ2v) is 13.5. The van der Waals surface area contributed by atoms with Crippen molar-refractivity contribution >= 4 is 11.8 Å². The third kappa shape index (κ3) is 9.67. The van der Waals surface area contributed by atoms with Gasteiger partial charge in [0.25, 0.3) is 0 Å². The SMILES string of the molecule is O=C(N[C@@H](Cc1ccccc1)[C@@H](O)C[C@@H](Cc1ccc(OCCN2CCOCC2)cc1)C(=O)N[C@H]1c2ccccc2C[C@H]1O)C1CCOC1. The molecule has 2 saturated heterocycles. The second-order valence-electron chi connectivity index (χ2n) is 13.5. The number of benzene rings is 3. The highest BCUT2D eigenvalue weighted by Crippen LogP contribution is 2.32. The molecule has 2 amide bonds. The van der Waals surface area contributed by atoms with Crippen LogP contribution in [0.4, 0.5) is 0 Å². The van der Waals surface area contributed by atoms with E-state index in [0.29, 0.717) is 45.5 Å². The van der Waals surface area contributed by atoms with Crippen LogP contribution in [0.2, 0.25) is 0 Å². The summed E-state index contributed by atoms with van der Waals surface area (Å²) in [7, 11) is 0. The van der Waals surface area contributed by atoms with Crippen LogP contribution in [0.5, 0.6) is 5.75 Å². The first-order valence-corrected chi connectivity index (χ1v) is 17.6. The van der Waals surface area contributed by atoms with Crippen molar-refractivity contribution < 1.29 is 34.0 Å². The van der Waals surface area contributed by atoms with Crippen molar-refractivity contribution in [3.05, 3.63) is 101 Å². The Labute approximate surface area is 288 Å². The maximum absolute atomic E-state index is 14.1. The van der Waals surface area contributed by atoms with E-state index in [2.05, 4.69) is 15.5 Å². The Morgan fingerprint density at radius 3 is 2.39 bits per heavy atom. The predicted octanol–water partition coefficient (Wildman–Crippen LogP) is 2.85. The summed E-state index contributed by atoms with van der Waals surface area (Å²) in [4.78, 5) is 29.6. The quantitative estimate of drug-likeness (QED) is 0.194. The highest BCUT2D eigenvalue weighted by Gasteiger charge is 2.36. The molecule has 3 aromatic rings. The molecule has 3 aliphatic rings. The highest BCUT2D eigenvalue weighted by atomic mass is 16.5. The first-order valence-electron chi connectivity index (χ1n) is 17.6. The number of morpholine rings is 1. The third-order valence-corrected chi connectivity index (χ3v) is 9.97. The Bertz CT molecular complexity index is 1490. The molecule has 6 atom stereocenters. The second kappa shape index (κ2) is 17.2. The average molecular weight is 672 g/mol. The van der Waals surface area contributed by atoms with E-state index in [9.17, 15) is 19.8 Å². The van der Waals surface area contributed by atoms with Crippen LogP contribution >= 0.6 is 0 Å². The summed E-state index contributed by atoms with van der Waals surface area (Å²) in [5.74, 6) is -0.533. The number of amides is 2. The van der Waals surface area contributed by atoms with Gasteiger partial charge in [-0.05, 0) is 60.1 Å². The van der Waals surface area contributed by atoms with Crippen LogP contribution < -0.4 is 15.4 Å². The Hall–Kier alpha value is -3.80. The number of aliphatic hydroxyl groups excluding tert-OH is 2. The maximum atomic E-state index is 14.1. The lowest BCUT2D eigenvalue weighted by Crippen LogP contribution is -2.49. The Morgan fingerprint density at radius 1 is 0.898 bits per heavy atom. The molecule has 0 spiro atoms. The zero-order valence-electron chi connectivity index (χ0n) is 28.0. The predicted molar refractivity (Wildman–Crippen MR) is 185 cm³/mol. The standard InChI is InChI=1S/C39H49N3O7/c43-35(34(23-27-6-2-1-3-7-27)40-38(45)30-14-18-48-26-30)25-31(39(46)41-37-33-9-5-4-8-29(33)24-36(37)44)22-28-10-12-32(13-11-28)49-21-17-42-15-19-47-20-16-42/h1-13,30-31,34-37,43-44H,14-26H2,(H,40,45)(H,41,46)/t30?,31-,34+,35+,36-,37+/m1/s1. The third-order valence-electron chi connectivity index (χ3n) is 9.97. The van der Waals surface area contributed by atoms with E-state index in [1.165, 1.54) is 0 Å². The number of hydrogen-bond acceptors (Lipinski definition) is 8. The molecule has 2 fully saturated rings. The average Bonchev–Trinajstić information content (AvgIpc) is 3.78. The van der Waals surface area contributed by atoms with Crippen molar-refractivity contribution in [2.45, 2.75) is 56.4 Å². The van der Waals surface area contributed by atoms with Gasteiger partial charge in [-0.2, -0.15) is 0 Å². The molecule has 4 N–H and O–H groups in total. The number of hydrogen-bond donors (Lipinski definition) is 4. The zero-order chi connectivity index (χ0) is 34.0. The molecule has 2 aliphatic heterocycles. The molecule has 0 saturated carbocycles. The van der Waals surface area contributed by atoms with Crippen molar-refractivity contribution in [3.63, 3.8) is 0 Å². The Kier molecular flexibility index (Phi) is 12.3. The number of nitrogens with one attached hydrogen (secondary N) is 2. The van der Waals surface area contributed by atoms with Gasteiger partial charge in [0.15, 0.2) is 0 Å². The molecular formula is C39H49N3O7. The van der Waals surface area contributed by atoms with Gasteiger partial charge in [0.2, 0.25) is 11.8 Å². The minimum atomic E-state index is -1.01. The summed E-state index contributed by atoms with van der Waals surface area (Å²) in [6, 6.07) is 24.1. The molecule has 0 radical (unpaired) electrons. The fourth-order valence-electron chi connectivity index (χ4n) is 7.07. The van der Waals surface area contributed by atoms with Crippen LogP contribution in [0.15, 0.2) is 78.9 Å². The number of carbonyl (C=O) groups excluding carboxylic acids is 2. The van der Waals surface area contributed by atoms with Crippen molar-refractivity contribution in [3.8, 4) is 5.75 Å². The molecule has 2 heterocycles. The molecular weight excluding hydrogens is 622 g/mol. The summed E-state index contributed by atoms with van der Waals surface area (Å²) in [6.07, 6.45) is 0.267. The fourth-order valence-corrected chi connectivity index (χ4v) is 7.07. The van der Waals surface area contributed by atoms with E-state index in [0.717, 1.165) is 60.9 Å². The van der Waals surface area contributed by atoms with E-state index < -0.39 is 30.2 Å². The van der Waals surface area contributed by atoms with Gasteiger partial charge in [-0.15, -0.1) is 0 Å². The van der Waals surface area contributed by atoms with Crippen molar-refractivity contribution in [1.29, 1.82) is 0 Å². The summed E-state index contributed by atoms with van der Waals surface area (Å²) in [5.41, 5.74) is 3.83. The van der Waals surface area contributed by atoms with E-state index in [1.807, 2.05) is 78.9 Å². The lowest BCUT2D eigenvalue weighted by atomic mass is 9.88. The summed E-state index contributed by atoms with van der Waals surface area (Å²) in [6.45, 7) is 5.62. The van der Waals surface area contributed by atoms with Gasteiger partial charge in [-0.25, -0.2) is 0 Å². The maximum Gasteiger partial charge on any atom is 0.225 e. The van der Waals surface area contributed by atoms with Gasteiger partial charge in [0.1, 0.15) is 12.4 Å². The van der Waals surface area contributed by atoms with Crippen LogP contribution in [0.25, 0.3) is 0 Å². The fraction of sp³-hybridized carbons (Fsp3) is 0.487. The number of ether oxygens (including phenoxy) is 3. The summed E-state index contributed by atoms with van der Waals surface area (Å²) >= 11 is 0.